The molecule has 0 saturated heterocycles. The van der Waals surface area contributed by atoms with Crippen molar-refractivity contribution >= 4 is 11.6 Å². The lowest BCUT2D eigenvalue weighted by Crippen LogP contribution is -2.28. The van der Waals surface area contributed by atoms with E-state index in [2.05, 4.69) is 37.1 Å². The molecular formula is C17H28N2O. The van der Waals surface area contributed by atoms with E-state index >= 15 is 0 Å². The molecule has 0 aromatic heterocycles. The third kappa shape index (κ3) is 5.33. The quantitative estimate of drug-likeness (QED) is 0.786. The van der Waals surface area contributed by atoms with Crippen LogP contribution < -0.4 is 5.32 Å². The number of benzene rings is 1. The first-order valence-electron chi connectivity index (χ1n) is 7.66. The molecule has 1 rings (SSSR count). The van der Waals surface area contributed by atoms with Crippen LogP contribution in [0.2, 0.25) is 0 Å². The van der Waals surface area contributed by atoms with Crippen molar-refractivity contribution in [3.8, 4) is 0 Å². The Morgan fingerprint density at radius 2 is 1.80 bits per heavy atom. The highest BCUT2D eigenvalue weighted by Crippen LogP contribution is 2.19. The van der Waals surface area contributed by atoms with Crippen LogP contribution in [-0.4, -0.2) is 30.4 Å². The lowest BCUT2D eigenvalue weighted by Gasteiger charge is -2.21. The molecule has 1 aromatic carbocycles. The van der Waals surface area contributed by atoms with Crippen LogP contribution in [-0.2, 0) is 11.2 Å². The van der Waals surface area contributed by atoms with E-state index in [0.717, 1.165) is 31.7 Å². The molecule has 0 saturated carbocycles. The van der Waals surface area contributed by atoms with Gasteiger partial charge in [-0.2, -0.15) is 0 Å². The van der Waals surface area contributed by atoms with Crippen molar-refractivity contribution in [2.24, 2.45) is 0 Å². The summed E-state index contributed by atoms with van der Waals surface area (Å²) in [7, 11) is 0. The Kier molecular flexibility index (Phi) is 7.31. The molecule has 0 radical (unpaired) electrons. The SMILES string of the molecule is CCCN(CCC)CCc1cccc(NC(C)=O)c1C. The van der Waals surface area contributed by atoms with Crippen LogP contribution >= 0.6 is 0 Å². The molecule has 0 atom stereocenters. The first-order chi connectivity index (χ1) is 9.58. The van der Waals surface area contributed by atoms with Crippen molar-refractivity contribution in [1.82, 2.24) is 4.90 Å². The Morgan fingerprint density at radius 3 is 2.35 bits per heavy atom. The monoisotopic (exact) mass is 276 g/mol. The average molecular weight is 276 g/mol. The number of hydrogen-bond donors (Lipinski definition) is 1. The number of carbonyl (C=O) groups excluding carboxylic acids is 1. The Hall–Kier alpha value is -1.35. The van der Waals surface area contributed by atoms with Gasteiger partial charge >= 0.3 is 0 Å². The number of hydrogen-bond acceptors (Lipinski definition) is 2. The minimum absolute atomic E-state index is 0.0103. The lowest BCUT2D eigenvalue weighted by molar-refractivity contribution is -0.114. The van der Waals surface area contributed by atoms with Gasteiger partial charge in [-0.15, -0.1) is 0 Å². The molecular weight excluding hydrogens is 248 g/mol. The second kappa shape index (κ2) is 8.75. The third-order valence-electron chi connectivity index (χ3n) is 3.53. The fourth-order valence-corrected chi connectivity index (χ4v) is 2.53. The number of amides is 1. The smallest absolute Gasteiger partial charge is 0.221 e. The fraction of sp³-hybridized carbons (Fsp3) is 0.588. The molecule has 0 aliphatic carbocycles. The van der Waals surface area contributed by atoms with Crippen molar-refractivity contribution in [2.45, 2.75) is 47.0 Å². The maximum atomic E-state index is 11.2. The lowest BCUT2D eigenvalue weighted by atomic mass is 10.0. The molecule has 3 heteroatoms. The average Bonchev–Trinajstić information content (AvgIpc) is 2.39. The van der Waals surface area contributed by atoms with Gasteiger partial charge in [-0.25, -0.2) is 0 Å². The molecule has 1 aromatic rings. The van der Waals surface area contributed by atoms with Gasteiger partial charge in [-0.05, 0) is 56.5 Å². The first-order valence-corrected chi connectivity index (χ1v) is 7.66. The first kappa shape index (κ1) is 16.7. The van der Waals surface area contributed by atoms with Gasteiger partial charge in [0.2, 0.25) is 5.91 Å². The number of anilines is 1. The van der Waals surface area contributed by atoms with Gasteiger partial charge in [0.1, 0.15) is 0 Å². The summed E-state index contributed by atoms with van der Waals surface area (Å²) in [5.41, 5.74) is 3.46. The van der Waals surface area contributed by atoms with Crippen LogP contribution in [0.5, 0.6) is 0 Å². The maximum Gasteiger partial charge on any atom is 0.221 e. The zero-order valence-corrected chi connectivity index (χ0v) is 13.3. The van der Waals surface area contributed by atoms with E-state index in [4.69, 9.17) is 0 Å². The van der Waals surface area contributed by atoms with Gasteiger partial charge in [0, 0.05) is 19.2 Å². The van der Waals surface area contributed by atoms with E-state index in [0.29, 0.717) is 0 Å². The molecule has 0 fully saturated rings. The highest BCUT2D eigenvalue weighted by Gasteiger charge is 2.07. The molecule has 1 N–H and O–H groups in total. The van der Waals surface area contributed by atoms with Gasteiger partial charge in [0.25, 0.3) is 0 Å². The van der Waals surface area contributed by atoms with E-state index in [1.54, 1.807) is 6.92 Å². The van der Waals surface area contributed by atoms with Crippen LogP contribution in [0.3, 0.4) is 0 Å². The molecule has 0 aliphatic heterocycles. The van der Waals surface area contributed by atoms with Crippen molar-refractivity contribution in [1.29, 1.82) is 0 Å². The van der Waals surface area contributed by atoms with E-state index in [1.165, 1.54) is 24.0 Å². The van der Waals surface area contributed by atoms with Gasteiger partial charge in [-0.3, -0.25) is 4.79 Å². The van der Waals surface area contributed by atoms with Crippen molar-refractivity contribution in [2.75, 3.05) is 25.0 Å². The van der Waals surface area contributed by atoms with E-state index in [-0.39, 0.29) is 5.91 Å². The summed E-state index contributed by atoms with van der Waals surface area (Å²) in [4.78, 5) is 13.7. The Labute approximate surface area is 123 Å². The van der Waals surface area contributed by atoms with Crippen LogP contribution in [0.25, 0.3) is 0 Å². The summed E-state index contributed by atoms with van der Waals surface area (Å²) in [6, 6.07) is 6.16. The van der Waals surface area contributed by atoms with Crippen LogP contribution in [0.1, 0.15) is 44.7 Å². The predicted octanol–water partition coefficient (Wildman–Crippen LogP) is 3.62. The van der Waals surface area contributed by atoms with Crippen molar-refractivity contribution in [3.05, 3.63) is 29.3 Å². The van der Waals surface area contributed by atoms with Crippen LogP contribution in [0, 0.1) is 6.92 Å². The maximum absolute atomic E-state index is 11.2. The summed E-state index contributed by atoms with van der Waals surface area (Å²) in [5.74, 6) is -0.0103. The topological polar surface area (TPSA) is 32.3 Å². The molecule has 1 amide bonds. The van der Waals surface area contributed by atoms with E-state index in [1.807, 2.05) is 12.1 Å². The van der Waals surface area contributed by atoms with E-state index in [9.17, 15) is 4.79 Å². The molecule has 0 spiro atoms. The Bertz CT molecular complexity index is 423. The highest BCUT2D eigenvalue weighted by atomic mass is 16.1. The van der Waals surface area contributed by atoms with Gasteiger partial charge in [0.15, 0.2) is 0 Å². The summed E-state index contributed by atoms with van der Waals surface area (Å²) in [6.45, 7) is 11.5. The number of nitrogens with zero attached hydrogens (tertiary/aromatic N) is 1. The van der Waals surface area contributed by atoms with Crippen LogP contribution in [0.4, 0.5) is 5.69 Å². The molecule has 3 nitrogen and oxygen atoms in total. The minimum atomic E-state index is -0.0103. The predicted molar refractivity (Wildman–Crippen MR) is 86.2 cm³/mol. The normalized spacial score (nSPS) is 10.8. The van der Waals surface area contributed by atoms with Crippen molar-refractivity contribution < 1.29 is 4.79 Å². The second-order valence-corrected chi connectivity index (χ2v) is 5.36. The largest absolute Gasteiger partial charge is 0.326 e. The Balaban J connectivity index is 2.69. The summed E-state index contributed by atoms with van der Waals surface area (Å²) in [5, 5.41) is 2.90. The minimum Gasteiger partial charge on any atom is -0.326 e. The standard InChI is InChI=1S/C17H28N2O/c1-5-11-19(12-6-2)13-10-16-8-7-9-17(14(16)3)18-15(4)20/h7-9H,5-6,10-13H2,1-4H3,(H,18,20). The van der Waals surface area contributed by atoms with Crippen LogP contribution in [0.15, 0.2) is 18.2 Å². The zero-order valence-electron chi connectivity index (χ0n) is 13.3. The summed E-state index contributed by atoms with van der Waals surface area (Å²) < 4.78 is 0. The number of carbonyl (C=O) groups is 1. The van der Waals surface area contributed by atoms with Gasteiger partial charge in [-0.1, -0.05) is 26.0 Å². The second-order valence-electron chi connectivity index (χ2n) is 5.36. The summed E-state index contributed by atoms with van der Waals surface area (Å²) >= 11 is 0. The van der Waals surface area contributed by atoms with Crippen molar-refractivity contribution in [3.63, 3.8) is 0 Å². The zero-order chi connectivity index (χ0) is 15.0. The molecule has 0 heterocycles. The summed E-state index contributed by atoms with van der Waals surface area (Å²) in [6.07, 6.45) is 3.44. The Morgan fingerprint density at radius 1 is 1.15 bits per heavy atom. The molecule has 0 unspecified atom stereocenters. The third-order valence-corrected chi connectivity index (χ3v) is 3.53. The fourth-order valence-electron chi connectivity index (χ4n) is 2.53. The number of nitrogens with one attached hydrogen (secondary N) is 1. The molecule has 112 valence electrons. The van der Waals surface area contributed by atoms with E-state index < -0.39 is 0 Å². The van der Waals surface area contributed by atoms with Gasteiger partial charge in [0.05, 0.1) is 0 Å². The highest BCUT2D eigenvalue weighted by molar-refractivity contribution is 5.89. The molecule has 0 aliphatic rings. The molecule has 0 bridgehead atoms. The molecule has 20 heavy (non-hydrogen) atoms. The number of rotatable bonds is 8. The van der Waals surface area contributed by atoms with Gasteiger partial charge < -0.3 is 10.2 Å².